The number of ketones is 4. The van der Waals surface area contributed by atoms with E-state index in [2.05, 4.69) is 21.3 Å². The summed E-state index contributed by atoms with van der Waals surface area (Å²) in [4.78, 5) is 121. The SMILES string of the molecule is CC(=O)CN(C[C@@H](CC(=O)[C@H](CCCC(=O)O)NC(=O)CN(C[C@H](CCCCN)NC(=O)[C@H](CCCCN)CC(C)C)S(=O)(=O)Cc1ccccc1)Cc1ccccc1)S(=O)(=O)CCN.CC[C@@H](CCCCN)C(=O)N[C@@H](Cc1ccccc1)CN(CC(=O)N[C@@H](CCCCN)C(=O)C[C@@H](Cc1ccccc1)CN(CC(C)=O)S(=O)(=O)Cc1ccccc1)S(=O)(=O)CCN. The Morgan fingerprint density at radius 3 is 1.06 bits per heavy atom. The summed E-state index contributed by atoms with van der Waals surface area (Å²) in [7, 11) is -16.4. The lowest BCUT2D eigenvalue weighted by molar-refractivity contribution is -0.137. The minimum absolute atomic E-state index is 0.00912. The molecular formula is C93H146N14O18S4. The van der Waals surface area contributed by atoms with Crippen LogP contribution in [0, 0.1) is 29.6 Å². The van der Waals surface area contributed by atoms with Gasteiger partial charge in [0.2, 0.25) is 63.7 Å². The molecule has 0 radical (unpaired) electrons. The van der Waals surface area contributed by atoms with Gasteiger partial charge in [0.05, 0.1) is 61.3 Å². The summed E-state index contributed by atoms with van der Waals surface area (Å²) in [6.07, 6.45) is 8.24. The minimum Gasteiger partial charge on any atom is -0.481 e. The lowest BCUT2D eigenvalue weighted by Crippen LogP contribution is -2.53. The van der Waals surface area contributed by atoms with Crippen molar-refractivity contribution in [1.82, 2.24) is 38.5 Å². The van der Waals surface area contributed by atoms with Crippen molar-refractivity contribution < 1.29 is 81.9 Å². The number of hydrogen-bond acceptors (Lipinski definition) is 23. The molecule has 5 aromatic carbocycles. The van der Waals surface area contributed by atoms with Gasteiger partial charge in [0.15, 0.2) is 11.6 Å². The summed E-state index contributed by atoms with van der Waals surface area (Å²) in [6, 6.07) is 41.0. The van der Waals surface area contributed by atoms with Crippen LogP contribution in [0.5, 0.6) is 0 Å². The van der Waals surface area contributed by atoms with Crippen LogP contribution in [-0.2, 0) is 114 Å². The molecule has 8 atom stereocenters. The lowest BCUT2D eigenvalue weighted by Gasteiger charge is -2.30. The number of aliphatic carboxylic acids is 1. The number of hydrogen-bond donors (Lipinski definition) is 11. The first-order chi connectivity index (χ1) is 61.4. The molecule has 32 nitrogen and oxygen atoms in total. The zero-order valence-electron chi connectivity index (χ0n) is 76.2. The van der Waals surface area contributed by atoms with Crippen LogP contribution >= 0.6 is 0 Å². The van der Waals surface area contributed by atoms with E-state index in [9.17, 15) is 81.9 Å². The fraction of sp³-hybridized carbons (Fsp3) is 0.581. The predicted molar refractivity (Wildman–Crippen MR) is 506 cm³/mol. The average molecular weight is 1880 g/mol. The first-order valence-electron chi connectivity index (χ1n) is 45.2. The van der Waals surface area contributed by atoms with E-state index < -0.39 is 142 Å². The average Bonchev–Trinajstić information content (AvgIpc) is 0.899. The molecule has 5 aromatic rings. The van der Waals surface area contributed by atoms with Crippen molar-refractivity contribution in [3.8, 4) is 0 Å². The van der Waals surface area contributed by atoms with Crippen LogP contribution in [0.25, 0.3) is 0 Å². The van der Waals surface area contributed by atoms with Gasteiger partial charge in [0.25, 0.3) is 0 Å². The van der Waals surface area contributed by atoms with Crippen molar-refractivity contribution in [3.05, 3.63) is 179 Å². The Kier molecular flexibility index (Phi) is 53.6. The molecule has 0 aliphatic rings. The summed E-state index contributed by atoms with van der Waals surface area (Å²) in [6.45, 7) is 6.87. The van der Waals surface area contributed by atoms with Gasteiger partial charge in [0.1, 0.15) is 11.6 Å². The summed E-state index contributed by atoms with van der Waals surface area (Å²) in [5.74, 6) is -8.17. The number of rotatable bonds is 69. The number of Topliss-reactive ketones (excluding diaryl/α,β-unsaturated/α-hetero) is 4. The molecule has 0 saturated carbocycles. The molecule has 720 valence electrons. The van der Waals surface area contributed by atoms with Gasteiger partial charge < -0.3 is 60.8 Å². The van der Waals surface area contributed by atoms with Crippen LogP contribution in [0.15, 0.2) is 152 Å². The van der Waals surface area contributed by atoms with Crippen LogP contribution in [0.2, 0.25) is 0 Å². The molecule has 0 bridgehead atoms. The van der Waals surface area contributed by atoms with E-state index >= 15 is 0 Å². The highest BCUT2D eigenvalue weighted by Crippen LogP contribution is 2.26. The lowest BCUT2D eigenvalue weighted by atomic mass is 9.90. The number of nitrogens with two attached hydrogens (primary N) is 6. The molecule has 0 aliphatic heterocycles. The second-order valence-corrected chi connectivity index (χ2v) is 42.0. The summed E-state index contributed by atoms with van der Waals surface area (Å²) in [5.41, 5.74) is 37.9. The molecule has 0 saturated heterocycles. The second kappa shape index (κ2) is 61.3. The molecule has 0 heterocycles. The third-order valence-corrected chi connectivity index (χ3v) is 29.1. The summed E-state index contributed by atoms with van der Waals surface area (Å²) in [5, 5.41) is 21.1. The van der Waals surface area contributed by atoms with Crippen molar-refractivity contribution in [2.75, 3.05) is 103 Å². The smallest absolute Gasteiger partial charge is 0.303 e. The highest BCUT2D eigenvalue weighted by molar-refractivity contribution is 7.89. The maximum absolute atomic E-state index is 14.4. The molecule has 0 unspecified atom stereocenters. The Bertz CT molecular complexity index is 4630. The van der Waals surface area contributed by atoms with Gasteiger partial charge in [0, 0.05) is 82.5 Å². The number of amides is 4. The number of carbonyl (C=O) groups excluding carboxylic acids is 8. The number of carboxylic acids is 1. The van der Waals surface area contributed by atoms with E-state index in [0.717, 1.165) is 59.6 Å². The van der Waals surface area contributed by atoms with Crippen LogP contribution in [0.3, 0.4) is 0 Å². The Morgan fingerprint density at radius 1 is 0.364 bits per heavy atom. The Morgan fingerprint density at radius 2 is 0.690 bits per heavy atom. The number of carboxylic acid groups (broad SMARTS) is 1. The van der Waals surface area contributed by atoms with E-state index in [1.54, 1.807) is 78.9 Å². The monoisotopic (exact) mass is 1870 g/mol. The fourth-order valence-electron chi connectivity index (χ4n) is 15.5. The molecule has 5 rings (SSSR count). The van der Waals surface area contributed by atoms with Gasteiger partial charge >= 0.3 is 5.97 Å². The van der Waals surface area contributed by atoms with Crippen molar-refractivity contribution in [2.45, 2.75) is 212 Å². The van der Waals surface area contributed by atoms with Crippen LogP contribution < -0.4 is 55.7 Å². The minimum atomic E-state index is -4.25. The maximum Gasteiger partial charge on any atom is 0.303 e. The Labute approximate surface area is 766 Å². The number of carbonyl (C=O) groups is 9. The van der Waals surface area contributed by atoms with E-state index in [1.807, 2.05) is 93.6 Å². The van der Waals surface area contributed by atoms with Crippen LogP contribution in [0.4, 0.5) is 0 Å². The van der Waals surface area contributed by atoms with Gasteiger partial charge in [-0.2, -0.15) is 17.2 Å². The van der Waals surface area contributed by atoms with Crippen molar-refractivity contribution in [1.29, 1.82) is 0 Å². The summed E-state index contributed by atoms with van der Waals surface area (Å²) < 4.78 is 115. The highest BCUT2D eigenvalue weighted by atomic mass is 32.2. The van der Waals surface area contributed by atoms with E-state index in [4.69, 9.17) is 34.4 Å². The van der Waals surface area contributed by atoms with Crippen LogP contribution in [-0.4, -0.2) is 236 Å². The Balaban J connectivity index is 0.000000540. The van der Waals surface area contributed by atoms with Crippen molar-refractivity contribution in [3.63, 3.8) is 0 Å². The van der Waals surface area contributed by atoms with Gasteiger partial charge in [-0.1, -0.05) is 192 Å². The van der Waals surface area contributed by atoms with Crippen LogP contribution in [0.1, 0.15) is 184 Å². The largest absolute Gasteiger partial charge is 0.481 e. The second-order valence-electron chi connectivity index (χ2n) is 33.9. The molecular weight excluding hydrogens is 1730 g/mol. The molecule has 4 amide bonds. The predicted octanol–water partition coefficient (Wildman–Crippen LogP) is 6.27. The van der Waals surface area contributed by atoms with E-state index in [-0.39, 0.29) is 144 Å². The number of benzene rings is 5. The van der Waals surface area contributed by atoms with Gasteiger partial charge in [-0.3, -0.25) is 43.2 Å². The molecule has 0 spiro atoms. The third kappa shape index (κ3) is 46.0. The number of nitrogens with zero attached hydrogens (tertiary/aromatic N) is 4. The number of sulfonamides is 4. The normalized spacial score (nSPS) is 13.9. The topological polar surface area (TPSA) is 528 Å². The molecule has 0 aliphatic carbocycles. The van der Waals surface area contributed by atoms with Crippen molar-refractivity contribution >= 4 is 92.8 Å². The van der Waals surface area contributed by atoms with Gasteiger partial charge in [-0.25, -0.2) is 33.7 Å². The molecule has 129 heavy (non-hydrogen) atoms. The quantitative estimate of drug-likeness (QED) is 0.0191. The molecule has 0 fully saturated rings. The van der Waals surface area contributed by atoms with Gasteiger partial charge in [-0.15, -0.1) is 0 Å². The fourth-order valence-corrected chi connectivity index (χ4v) is 21.2. The summed E-state index contributed by atoms with van der Waals surface area (Å²) >= 11 is 0. The first-order valence-corrected chi connectivity index (χ1v) is 51.6. The molecule has 17 N–H and O–H groups in total. The van der Waals surface area contributed by atoms with Crippen molar-refractivity contribution in [2.24, 2.45) is 64.0 Å². The van der Waals surface area contributed by atoms with Gasteiger partial charge in [-0.05, 0) is 188 Å². The Hall–Kier alpha value is -8.47. The standard InChI is InChI=1S/C47H71N7O8S2.C46H75N7O10S2/c1-3-42(23-13-15-25-48)47(58)51-43(30-39-19-9-5-10-20-39)34-54(63(59,60)28-27-50)35-46(57)52-44(24-14-16-26-49)45(56)31-41(29-38-17-7-4-8-18-38)33-53(32-37(2)55)64(61,62)36-40-21-11-6-12-22-40;1-35(2)27-40(19-10-12-23-47)46(59)50-41(20-11-13-24-48)32-53(65(62,63)34-38-17-8-5-9-18-38)33-44(56)51-42(21-14-22-45(57)58)43(55)29-39(28-37-15-6-4-7-16-37)31-52(30-36(3)54)64(60,61)26-25-49/h4-12,17-22,41-44H,3,13-16,23-36,48-50H2,1-2H3,(H,51,58)(H,52,57);4-9,15-18,35,39-42H,10-14,19-34,47-49H2,1-3H3,(H,50,59)(H,51,56)(H,57,58)/t41-,42+,43+,44+;39-,40-,41+,42+/m11/s1. The molecule has 36 heteroatoms. The highest BCUT2D eigenvalue weighted by Gasteiger charge is 2.37. The maximum atomic E-state index is 14.4. The number of unbranched alkanes of at least 4 members (excludes halogenated alkanes) is 4. The third-order valence-electron chi connectivity index (χ3n) is 21.9. The van der Waals surface area contributed by atoms with E-state index in [0.29, 0.717) is 102 Å². The van der Waals surface area contributed by atoms with E-state index in [1.165, 1.54) is 13.8 Å². The zero-order chi connectivity index (χ0) is 95.4. The first kappa shape index (κ1) is 113. The zero-order valence-corrected chi connectivity index (χ0v) is 79.5. The number of nitrogens with one attached hydrogen (secondary N) is 4. The molecule has 0 aromatic heterocycles.